The van der Waals surface area contributed by atoms with Gasteiger partial charge in [-0.3, -0.25) is 9.59 Å². The van der Waals surface area contributed by atoms with Gasteiger partial charge >= 0.3 is 0 Å². The summed E-state index contributed by atoms with van der Waals surface area (Å²) < 4.78 is 0. The highest BCUT2D eigenvalue weighted by molar-refractivity contribution is 5.94. The van der Waals surface area contributed by atoms with Crippen LogP contribution in [0.1, 0.15) is 49.9 Å². The van der Waals surface area contributed by atoms with Gasteiger partial charge in [0.2, 0.25) is 5.91 Å². The molecule has 1 unspecified atom stereocenters. The van der Waals surface area contributed by atoms with Gasteiger partial charge in [-0.25, -0.2) is 0 Å². The largest absolute Gasteiger partial charge is 0.391 e. The van der Waals surface area contributed by atoms with Crippen molar-refractivity contribution in [2.24, 2.45) is 11.8 Å². The van der Waals surface area contributed by atoms with Crippen molar-refractivity contribution < 1.29 is 14.7 Å². The van der Waals surface area contributed by atoms with E-state index in [1.807, 2.05) is 35.2 Å². The fourth-order valence-electron chi connectivity index (χ4n) is 3.46. The standard InChI is InChI=1S/C20H30N2O3/c1-3-15(4-2)18(23)14-21-19(24)16-10-12-22(13-11-16)20(25)17-8-6-5-7-9-17/h5-9,15-16,18,23H,3-4,10-14H2,1-2H3,(H,21,24). The van der Waals surface area contributed by atoms with Gasteiger partial charge in [-0.1, -0.05) is 44.9 Å². The summed E-state index contributed by atoms with van der Waals surface area (Å²) in [4.78, 5) is 26.6. The molecule has 0 radical (unpaired) electrons. The van der Waals surface area contributed by atoms with Gasteiger partial charge < -0.3 is 15.3 Å². The van der Waals surface area contributed by atoms with Gasteiger partial charge in [0.25, 0.3) is 5.91 Å². The quantitative estimate of drug-likeness (QED) is 0.797. The fourth-order valence-corrected chi connectivity index (χ4v) is 3.46. The highest BCUT2D eigenvalue weighted by atomic mass is 16.3. The number of nitrogens with one attached hydrogen (secondary N) is 1. The lowest BCUT2D eigenvalue weighted by Gasteiger charge is -2.31. The maximum absolute atomic E-state index is 12.4. The predicted molar refractivity (Wildman–Crippen MR) is 98.2 cm³/mol. The highest BCUT2D eigenvalue weighted by Crippen LogP contribution is 2.20. The number of rotatable bonds is 7. The molecule has 2 N–H and O–H groups in total. The molecule has 0 spiro atoms. The lowest BCUT2D eigenvalue weighted by Crippen LogP contribution is -2.45. The average molecular weight is 346 g/mol. The summed E-state index contributed by atoms with van der Waals surface area (Å²) >= 11 is 0. The number of likely N-dealkylation sites (tertiary alicyclic amines) is 1. The van der Waals surface area contributed by atoms with Gasteiger partial charge in [0, 0.05) is 31.1 Å². The molecule has 1 heterocycles. The molecule has 138 valence electrons. The van der Waals surface area contributed by atoms with E-state index >= 15 is 0 Å². The molecular weight excluding hydrogens is 316 g/mol. The van der Waals surface area contributed by atoms with E-state index in [0.717, 1.165) is 12.8 Å². The van der Waals surface area contributed by atoms with Crippen LogP contribution >= 0.6 is 0 Å². The molecule has 1 aromatic rings. The molecule has 2 rings (SSSR count). The number of carbonyl (C=O) groups is 2. The zero-order valence-corrected chi connectivity index (χ0v) is 15.3. The predicted octanol–water partition coefficient (Wildman–Crippen LogP) is 2.45. The zero-order chi connectivity index (χ0) is 18.2. The monoisotopic (exact) mass is 346 g/mol. The first-order valence-corrected chi connectivity index (χ1v) is 9.36. The van der Waals surface area contributed by atoms with Gasteiger partial charge in [0.15, 0.2) is 0 Å². The molecule has 25 heavy (non-hydrogen) atoms. The summed E-state index contributed by atoms with van der Waals surface area (Å²) in [7, 11) is 0. The summed E-state index contributed by atoms with van der Waals surface area (Å²) in [6.45, 7) is 5.62. The Kier molecular flexibility index (Phi) is 7.44. The normalized spacial score (nSPS) is 16.7. The minimum atomic E-state index is -0.487. The van der Waals surface area contributed by atoms with Crippen molar-refractivity contribution in [2.75, 3.05) is 19.6 Å². The molecule has 0 aliphatic carbocycles. The van der Waals surface area contributed by atoms with E-state index in [1.54, 1.807) is 0 Å². The Morgan fingerprint density at radius 1 is 1.16 bits per heavy atom. The van der Waals surface area contributed by atoms with E-state index in [0.29, 0.717) is 38.0 Å². The third-order valence-electron chi connectivity index (χ3n) is 5.25. The van der Waals surface area contributed by atoms with E-state index in [9.17, 15) is 14.7 Å². The summed E-state index contributed by atoms with van der Waals surface area (Å²) in [5, 5.41) is 13.0. The molecule has 1 aromatic carbocycles. The van der Waals surface area contributed by atoms with Gasteiger partial charge in [-0.2, -0.15) is 0 Å². The molecule has 1 fully saturated rings. The molecule has 1 saturated heterocycles. The smallest absolute Gasteiger partial charge is 0.253 e. The van der Waals surface area contributed by atoms with Crippen LogP contribution in [0.15, 0.2) is 30.3 Å². The van der Waals surface area contributed by atoms with Crippen LogP contribution in [0.3, 0.4) is 0 Å². The molecule has 0 bridgehead atoms. The number of hydrogen-bond acceptors (Lipinski definition) is 3. The Morgan fingerprint density at radius 3 is 2.32 bits per heavy atom. The van der Waals surface area contributed by atoms with Gasteiger partial charge in [-0.05, 0) is 30.9 Å². The Bertz CT molecular complexity index is 549. The Morgan fingerprint density at radius 2 is 1.76 bits per heavy atom. The van der Waals surface area contributed by atoms with Crippen molar-refractivity contribution in [2.45, 2.75) is 45.6 Å². The van der Waals surface area contributed by atoms with Crippen LogP contribution in [0.5, 0.6) is 0 Å². The lowest BCUT2D eigenvalue weighted by atomic mass is 9.94. The Labute approximate surface area is 150 Å². The molecule has 1 aliphatic heterocycles. The number of aliphatic hydroxyl groups excluding tert-OH is 1. The van der Waals surface area contributed by atoms with Crippen molar-refractivity contribution in [1.82, 2.24) is 10.2 Å². The molecular formula is C20H30N2O3. The van der Waals surface area contributed by atoms with Gasteiger partial charge in [-0.15, -0.1) is 0 Å². The van der Waals surface area contributed by atoms with Crippen molar-refractivity contribution >= 4 is 11.8 Å². The zero-order valence-electron chi connectivity index (χ0n) is 15.3. The number of carbonyl (C=O) groups excluding carboxylic acids is 2. The van der Waals surface area contributed by atoms with Gasteiger partial charge in [0.1, 0.15) is 0 Å². The van der Waals surface area contributed by atoms with E-state index in [4.69, 9.17) is 0 Å². The average Bonchev–Trinajstić information content (AvgIpc) is 2.67. The minimum absolute atomic E-state index is 0.00295. The maximum Gasteiger partial charge on any atom is 0.253 e. The second-order valence-corrected chi connectivity index (χ2v) is 6.82. The van der Waals surface area contributed by atoms with Crippen LogP contribution < -0.4 is 5.32 Å². The lowest BCUT2D eigenvalue weighted by molar-refractivity contribution is -0.126. The molecule has 5 nitrogen and oxygen atoms in total. The topological polar surface area (TPSA) is 69.6 Å². The first kappa shape index (κ1) is 19.4. The SMILES string of the molecule is CCC(CC)C(O)CNC(=O)C1CCN(C(=O)c2ccccc2)CC1. The van der Waals surface area contributed by atoms with Crippen LogP contribution in [0.25, 0.3) is 0 Å². The molecule has 0 saturated carbocycles. The van der Waals surface area contributed by atoms with Crippen molar-refractivity contribution in [1.29, 1.82) is 0 Å². The van der Waals surface area contributed by atoms with E-state index in [1.165, 1.54) is 0 Å². The van der Waals surface area contributed by atoms with Crippen LogP contribution in [-0.4, -0.2) is 47.6 Å². The van der Waals surface area contributed by atoms with Gasteiger partial charge in [0.05, 0.1) is 6.10 Å². The molecule has 0 aromatic heterocycles. The van der Waals surface area contributed by atoms with Crippen LogP contribution in [-0.2, 0) is 4.79 Å². The van der Waals surface area contributed by atoms with Crippen LogP contribution in [0.4, 0.5) is 0 Å². The number of aliphatic hydroxyl groups is 1. The second-order valence-electron chi connectivity index (χ2n) is 6.82. The van der Waals surface area contributed by atoms with Crippen molar-refractivity contribution in [3.8, 4) is 0 Å². The number of hydrogen-bond donors (Lipinski definition) is 2. The summed E-state index contributed by atoms with van der Waals surface area (Å²) in [5.41, 5.74) is 0.693. The maximum atomic E-state index is 12.4. The van der Waals surface area contributed by atoms with E-state index in [-0.39, 0.29) is 23.7 Å². The number of amides is 2. The van der Waals surface area contributed by atoms with Crippen molar-refractivity contribution in [3.63, 3.8) is 0 Å². The first-order chi connectivity index (χ1) is 12.1. The third kappa shape index (κ3) is 5.30. The summed E-state index contributed by atoms with van der Waals surface area (Å²) in [6.07, 6.45) is 2.68. The van der Waals surface area contributed by atoms with Crippen molar-refractivity contribution in [3.05, 3.63) is 35.9 Å². The summed E-state index contributed by atoms with van der Waals surface area (Å²) in [6, 6.07) is 9.25. The van der Waals surface area contributed by atoms with E-state index < -0.39 is 6.10 Å². The molecule has 1 aliphatic rings. The fraction of sp³-hybridized carbons (Fsp3) is 0.600. The number of benzene rings is 1. The molecule has 2 amide bonds. The Balaban J connectivity index is 1.77. The number of nitrogens with zero attached hydrogens (tertiary/aromatic N) is 1. The Hall–Kier alpha value is -1.88. The highest BCUT2D eigenvalue weighted by Gasteiger charge is 2.28. The van der Waals surface area contributed by atoms with E-state index in [2.05, 4.69) is 19.2 Å². The molecule has 1 atom stereocenters. The molecule has 5 heteroatoms. The van der Waals surface area contributed by atoms with Crippen LogP contribution in [0, 0.1) is 11.8 Å². The summed E-state index contributed by atoms with van der Waals surface area (Å²) in [5.74, 6) is 0.180. The second kappa shape index (κ2) is 9.56. The minimum Gasteiger partial charge on any atom is -0.391 e. The first-order valence-electron chi connectivity index (χ1n) is 9.36. The van der Waals surface area contributed by atoms with Crippen LogP contribution in [0.2, 0.25) is 0 Å². The number of piperidine rings is 1. The third-order valence-corrected chi connectivity index (χ3v) is 5.25.